The average molecular weight is 226 g/mol. The van der Waals surface area contributed by atoms with Gasteiger partial charge in [0.15, 0.2) is 0 Å². The van der Waals surface area contributed by atoms with Gasteiger partial charge in [-0.2, -0.15) is 0 Å². The predicted molar refractivity (Wildman–Crippen MR) is 63.3 cm³/mol. The van der Waals surface area contributed by atoms with E-state index in [1.807, 2.05) is 0 Å². The number of carboxylic acids is 2. The molecular formula is C12H18O4. The molecule has 2 N–H and O–H groups in total. The van der Waals surface area contributed by atoms with Gasteiger partial charge < -0.3 is 10.2 Å². The summed E-state index contributed by atoms with van der Waals surface area (Å²) in [7, 11) is 0. The van der Waals surface area contributed by atoms with E-state index in [1.165, 1.54) is 25.7 Å². The smallest absolute Gasteiger partial charge is 0.327 e. The van der Waals surface area contributed by atoms with Crippen LogP contribution >= 0.6 is 0 Å². The van der Waals surface area contributed by atoms with Crippen molar-refractivity contribution in [2.45, 2.75) is 25.7 Å². The Morgan fingerprint density at radius 1 is 0.938 bits per heavy atom. The SMILES string of the molecule is C1=CCCCC1.C=CC(=O)O.C=CC(=O)O. The minimum Gasteiger partial charge on any atom is -0.478 e. The molecule has 1 rings (SSSR count). The maximum absolute atomic E-state index is 9.25. The molecule has 1 aliphatic rings. The van der Waals surface area contributed by atoms with Crippen LogP contribution in [0.15, 0.2) is 37.5 Å². The van der Waals surface area contributed by atoms with Crippen molar-refractivity contribution in [3.8, 4) is 0 Å². The maximum atomic E-state index is 9.25. The summed E-state index contributed by atoms with van der Waals surface area (Å²) in [6, 6.07) is 0. The van der Waals surface area contributed by atoms with Crippen LogP contribution < -0.4 is 0 Å². The molecule has 0 atom stereocenters. The molecular weight excluding hydrogens is 208 g/mol. The second-order valence-corrected chi connectivity index (χ2v) is 2.84. The zero-order valence-corrected chi connectivity index (χ0v) is 9.26. The van der Waals surface area contributed by atoms with E-state index in [0.29, 0.717) is 0 Å². The predicted octanol–water partition coefficient (Wildman–Crippen LogP) is 2.63. The molecule has 0 bridgehead atoms. The third kappa shape index (κ3) is 22.7. The highest BCUT2D eigenvalue weighted by Crippen LogP contribution is 2.07. The van der Waals surface area contributed by atoms with Gasteiger partial charge in [-0.3, -0.25) is 0 Å². The summed E-state index contributed by atoms with van der Waals surface area (Å²) in [5, 5.41) is 15.2. The lowest BCUT2D eigenvalue weighted by Gasteiger charge is -1.97. The number of rotatable bonds is 2. The Kier molecular flexibility index (Phi) is 13.6. The fourth-order valence-corrected chi connectivity index (χ4v) is 0.760. The van der Waals surface area contributed by atoms with Gasteiger partial charge >= 0.3 is 11.9 Å². The van der Waals surface area contributed by atoms with Crippen LogP contribution in [-0.4, -0.2) is 22.2 Å². The molecule has 0 aromatic heterocycles. The van der Waals surface area contributed by atoms with Crippen molar-refractivity contribution in [1.29, 1.82) is 0 Å². The van der Waals surface area contributed by atoms with Crippen molar-refractivity contribution < 1.29 is 19.8 Å². The molecule has 0 saturated heterocycles. The van der Waals surface area contributed by atoms with E-state index < -0.39 is 11.9 Å². The summed E-state index contributed by atoms with van der Waals surface area (Å²) in [5.41, 5.74) is 0. The Labute approximate surface area is 95.6 Å². The Morgan fingerprint density at radius 3 is 1.25 bits per heavy atom. The van der Waals surface area contributed by atoms with Gasteiger partial charge in [0.1, 0.15) is 0 Å². The monoisotopic (exact) mass is 226 g/mol. The summed E-state index contributed by atoms with van der Waals surface area (Å²) < 4.78 is 0. The molecule has 16 heavy (non-hydrogen) atoms. The Bertz CT molecular complexity index is 228. The number of aliphatic carboxylic acids is 2. The van der Waals surface area contributed by atoms with Crippen molar-refractivity contribution >= 4 is 11.9 Å². The number of carbonyl (C=O) groups is 2. The lowest BCUT2D eigenvalue weighted by molar-refractivity contribution is -0.132. The highest BCUT2D eigenvalue weighted by Gasteiger charge is 1.87. The van der Waals surface area contributed by atoms with Gasteiger partial charge in [0.2, 0.25) is 0 Å². The minimum absolute atomic E-state index is 0.833. The number of hydrogen-bond donors (Lipinski definition) is 2. The van der Waals surface area contributed by atoms with Crippen molar-refractivity contribution in [3.63, 3.8) is 0 Å². The van der Waals surface area contributed by atoms with Crippen molar-refractivity contribution in [3.05, 3.63) is 37.5 Å². The number of carboxylic acid groups (broad SMARTS) is 2. The molecule has 4 nitrogen and oxygen atoms in total. The first-order chi connectivity index (χ1) is 7.54. The molecule has 0 fully saturated rings. The van der Waals surface area contributed by atoms with Crippen LogP contribution in [0.25, 0.3) is 0 Å². The van der Waals surface area contributed by atoms with Gasteiger partial charge in [-0.15, -0.1) is 0 Å². The van der Waals surface area contributed by atoms with Crippen LogP contribution in [0.5, 0.6) is 0 Å². The van der Waals surface area contributed by atoms with Crippen LogP contribution in [0.4, 0.5) is 0 Å². The number of hydrogen-bond acceptors (Lipinski definition) is 2. The van der Waals surface area contributed by atoms with Crippen LogP contribution in [-0.2, 0) is 9.59 Å². The zero-order valence-electron chi connectivity index (χ0n) is 9.26. The second kappa shape index (κ2) is 13.2. The van der Waals surface area contributed by atoms with Crippen LogP contribution in [0.2, 0.25) is 0 Å². The van der Waals surface area contributed by atoms with E-state index in [2.05, 4.69) is 25.3 Å². The molecule has 0 aromatic rings. The first kappa shape index (κ1) is 16.6. The Morgan fingerprint density at radius 2 is 1.19 bits per heavy atom. The summed E-state index contributed by atoms with van der Waals surface area (Å²) in [4.78, 5) is 18.5. The molecule has 1 aliphatic carbocycles. The fourth-order valence-electron chi connectivity index (χ4n) is 0.760. The van der Waals surface area contributed by atoms with Crippen LogP contribution in [0.1, 0.15) is 25.7 Å². The van der Waals surface area contributed by atoms with Gasteiger partial charge in [0, 0.05) is 12.2 Å². The first-order valence-corrected chi connectivity index (χ1v) is 4.90. The van der Waals surface area contributed by atoms with Crippen molar-refractivity contribution in [2.75, 3.05) is 0 Å². The van der Waals surface area contributed by atoms with Gasteiger partial charge in [0.25, 0.3) is 0 Å². The van der Waals surface area contributed by atoms with Crippen LogP contribution in [0.3, 0.4) is 0 Å². The molecule has 0 heterocycles. The lowest BCUT2D eigenvalue weighted by Crippen LogP contribution is -1.82. The van der Waals surface area contributed by atoms with Gasteiger partial charge in [-0.1, -0.05) is 25.3 Å². The standard InChI is InChI=1S/C6H10.2C3H4O2/c1-2-4-6-5-3-1;2*1-2-3(4)5/h1-2H,3-6H2;2*2H,1H2,(H,4,5). The minimum atomic E-state index is -0.981. The van der Waals surface area contributed by atoms with E-state index in [1.54, 1.807) is 0 Å². The topological polar surface area (TPSA) is 74.6 Å². The molecule has 0 aromatic carbocycles. The van der Waals surface area contributed by atoms with Crippen molar-refractivity contribution in [2.24, 2.45) is 0 Å². The van der Waals surface area contributed by atoms with Crippen LogP contribution in [0, 0.1) is 0 Å². The van der Waals surface area contributed by atoms with Crippen molar-refractivity contribution in [1.82, 2.24) is 0 Å². The second-order valence-electron chi connectivity index (χ2n) is 2.84. The fraction of sp³-hybridized carbons (Fsp3) is 0.333. The normalized spacial score (nSPS) is 12.0. The summed E-state index contributed by atoms with van der Waals surface area (Å²) in [6.45, 7) is 5.92. The quantitative estimate of drug-likeness (QED) is 0.560. The van der Waals surface area contributed by atoms with E-state index >= 15 is 0 Å². The first-order valence-electron chi connectivity index (χ1n) is 4.90. The Balaban J connectivity index is 0. The van der Waals surface area contributed by atoms with Gasteiger partial charge in [-0.05, 0) is 25.7 Å². The highest BCUT2D eigenvalue weighted by molar-refractivity contribution is 5.79. The third-order valence-electron chi connectivity index (χ3n) is 1.51. The largest absolute Gasteiger partial charge is 0.478 e. The van der Waals surface area contributed by atoms with Gasteiger partial charge in [-0.25, -0.2) is 9.59 Å². The van der Waals surface area contributed by atoms with E-state index in [4.69, 9.17) is 10.2 Å². The number of allylic oxidation sites excluding steroid dienone is 2. The summed E-state index contributed by atoms with van der Waals surface area (Å²) in [6.07, 6.45) is 11.7. The molecule has 90 valence electrons. The van der Waals surface area contributed by atoms with E-state index in [9.17, 15) is 9.59 Å². The van der Waals surface area contributed by atoms with Gasteiger partial charge in [0.05, 0.1) is 0 Å². The molecule has 0 amide bonds. The molecule has 4 heteroatoms. The van der Waals surface area contributed by atoms with E-state index in [0.717, 1.165) is 12.2 Å². The average Bonchev–Trinajstić information content (AvgIpc) is 2.32. The third-order valence-corrected chi connectivity index (χ3v) is 1.51. The highest BCUT2D eigenvalue weighted by atomic mass is 16.4. The molecule has 0 radical (unpaired) electrons. The molecule has 0 aliphatic heterocycles. The lowest BCUT2D eigenvalue weighted by atomic mass is 10.1. The molecule has 0 spiro atoms. The maximum Gasteiger partial charge on any atom is 0.327 e. The summed E-state index contributed by atoms with van der Waals surface area (Å²) in [5.74, 6) is -1.96. The molecule has 0 saturated carbocycles. The zero-order chi connectivity index (χ0) is 12.8. The van der Waals surface area contributed by atoms with E-state index in [-0.39, 0.29) is 0 Å². The Hall–Kier alpha value is -1.84. The summed E-state index contributed by atoms with van der Waals surface area (Å²) >= 11 is 0. The molecule has 0 unspecified atom stereocenters.